The first kappa shape index (κ1) is 23.4. The summed E-state index contributed by atoms with van der Waals surface area (Å²) in [6.45, 7) is 11.0. The van der Waals surface area contributed by atoms with E-state index < -0.39 is 5.97 Å². The summed E-state index contributed by atoms with van der Waals surface area (Å²) in [5.41, 5.74) is 3.10. The van der Waals surface area contributed by atoms with Crippen molar-refractivity contribution in [1.29, 1.82) is 0 Å². The number of hydrogen-bond donors (Lipinski definition) is 1. The summed E-state index contributed by atoms with van der Waals surface area (Å²) in [6, 6.07) is 11.5. The van der Waals surface area contributed by atoms with Crippen LogP contribution in [-0.2, 0) is 20.4 Å². The Morgan fingerprint density at radius 1 is 0.968 bits per heavy atom. The van der Waals surface area contributed by atoms with Crippen molar-refractivity contribution < 1.29 is 24.2 Å². The Kier molecular flexibility index (Phi) is 6.82. The summed E-state index contributed by atoms with van der Waals surface area (Å²) in [7, 11) is 0. The second kappa shape index (κ2) is 9.05. The molecule has 2 aromatic carbocycles. The molecule has 0 radical (unpaired) electrons. The number of carbonyl (C=O) groups is 2. The number of aromatic carboxylic acids is 1. The molecule has 0 fully saturated rings. The van der Waals surface area contributed by atoms with Gasteiger partial charge in [0.2, 0.25) is 0 Å². The standard InChI is InChI=1S/C25H30O5Se/c1-16(26)29-12-13-30-21-14-19-20(25(4,5)11-10-24(19,2)3)15-22(21)31-18-8-6-17(7-9-18)23(27)28/h6-9,14-15H,10-13H2,1-5H3,(H,27,28). The molecule has 0 amide bonds. The molecule has 0 saturated carbocycles. The molecular weight excluding hydrogens is 459 g/mol. The molecule has 0 aromatic heterocycles. The van der Waals surface area contributed by atoms with Gasteiger partial charge < -0.3 is 0 Å². The number of rotatable bonds is 7. The van der Waals surface area contributed by atoms with Crippen LogP contribution >= 0.6 is 0 Å². The van der Waals surface area contributed by atoms with Gasteiger partial charge in [0.25, 0.3) is 0 Å². The van der Waals surface area contributed by atoms with Crippen molar-refractivity contribution in [2.75, 3.05) is 13.2 Å². The number of carboxylic acids is 1. The van der Waals surface area contributed by atoms with Crippen LogP contribution in [0.15, 0.2) is 36.4 Å². The zero-order valence-corrected chi connectivity index (χ0v) is 20.5. The van der Waals surface area contributed by atoms with Crippen LogP contribution < -0.4 is 13.7 Å². The van der Waals surface area contributed by atoms with E-state index in [2.05, 4.69) is 39.8 Å². The van der Waals surface area contributed by atoms with E-state index in [1.807, 2.05) is 12.1 Å². The molecule has 1 N–H and O–H groups in total. The fourth-order valence-corrected chi connectivity index (χ4v) is 5.83. The molecule has 6 heteroatoms. The van der Waals surface area contributed by atoms with Gasteiger partial charge in [-0.2, -0.15) is 0 Å². The number of carbonyl (C=O) groups excluding carboxylic acids is 1. The summed E-state index contributed by atoms with van der Waals surface area (Å²) in [6.07, 6.45) is 2.24. The average molecular weight is 489 g/mol. The molecule has 1 aliphatic carbocycles. The molecule has 166 valence electrons. The van der Waals surface area contributed by atoms with Crippen LogP contribution in [0.4, 0.5) is 0 Å². The molecule has 0 saturated heterocycles. The summed E-state index contributed by atoms with van der Waals surface area (Å²) in [4.78, 5) is 22.2. The molecule has 0 aliphatic heterocycles. The van der Waals surface area contributed by atoms with Crippen molar-refractivity contribution in [3.63, 3.8) is 0 Å². The third-order valence-corrected chi connectivity index (χ3v) is 8.09. The minimum atomic E-state index is -0.925. The fraction of sp³-hybridized carbons (Fsp3) is 0.440. The maximum atomic E-state index is 11.2. The third-order valence-electron chi connectivity index (χ3n) is 5.89. The van der Waals surface area contributed by atoms with E-state index in [1.165, 1.54) is 18.1 Å². The van der Waals surface area contributed by atoms with Gasteiger partial charge in [0.1, 0.15) is 0 Å². The van der Waals surface area contributed by atoms with Crippen molar-refractivity contribution in [2.45, 2.75) is 58.3 Å². The van der Waals surface area contributed by atoms with E-state index in [9.17, 15) is 9.59 Å². The van der Waals surface area contributed by atoms with Crippen LogP contribution in [0.5, 0.6) is 5.75 Å². The number of benzene rings is 2. The van der Waals surface area contributed by atoms with Gasteiger partial charge in [0.05, 0.1) is 0 Å². The molecule has 2 aromatic rings. The Bertz CT molecular complexity index is 976. The molecule has 31 heavy (non-hydrogen) atoms. The Balaban J connectivity index is 1.98. The van der Waals surface area contributed by atoms with Crippen LogP contribution in [0.25, 0.3) is 0 Å². The molecule has 3 rings (SSSR count). The zero-order valence-electron chi connectivity index (χ0n) is 18.8. The second-order valence-corrected chi connectivity index (χ2v) is 11.6. The van der Waals surface area contributed by atoms with Gasteiger partial charge in [-0.05, 0) is 0 Å². The quantitative estimate of drug-likeness (QED) is 0.367. The van der Waals surface area contributed by atoms with E-state index in [-0.39, 0.29) is 43.9 Å². The molecule has 0 heterocycles. The van der Waals surface area contributed by atoms with Crippen LogP contribution in [0.2, 0.25) is 0 Å². The monoisotopic (exact) mass is 490 g/mol. The van der Waals surface area contributed by atoms with Crippen molar-refractivity contribution in [1.82, 2.24) is 0 Å². The van der Waals surface area contributed by atoms with Crippen LogP contribution in [0.3, 0.4) is 0 Å². The molecule has 0 unspecified atom stereocenters. The molecule has 1 aliphatic rings. The first-order chi connectivity index (χ1) is 14.5. The van der Waals surface area contributed by atoms with E-state index in [0.717, 1.165) is 27.5 Å². The Morgan fingerprint density at radius 3 is 2.10 bits per heavy atom. The van der Waals surface area contributed by atoms with E-state index in [4.69, 9.17) is 14.6 Å². The third kappa shape index (κ3) is 5.50. The van der Waals surface area contributed by atoms with Crippen LogP contribution in [-0.4, -0.2) is 45.2 Å². The summed E-state index contributed by atoms with van der Waals surface area (Å²) < 4.78 is 13.3. The number of esters is 1. The van der Waals surface area contributed by atoms with Crippen molar-refractivity contribution in [3.8, 4) is 5.75 Å². The average Bonchev–Trinajstić information content (AvgIpc) is 2.69. The molecule has 5 nitrogen and oxygen atoms in total. The molecular formula is C25H30O5Se. The minimum absolute atomic E-state index is 0.0551. The first-order valence-electron chi connectivity index (χ1n) is 10.5. The van der Waals surface area contributed by atoms with Crippen LogP contribution in [0, 0.1) is 0 Å². The van der Waals surface area contributed by atoms with Crippen molar-refractivity contribution in [2.24, 2.45) is 0 Å². The van der Waals surface area contributed by atoms with E-state index in [1.54, 1.807) is 12.1 Å². The summed E-state index contributed by atoms with van der Waals surface area (Å²) in [5, 5.41) is 9.16. The SMILES string of the molecule is CC(=O)OCCOc1cc2c(cc1[Se]c1ccc(C(=O)O)cc1)C(C)(C)CCC2(C)C. The number of ether oxygens (including phenoxy) is 2. The number of fused-ring (bicyclic) bond motifs is 1. The summed E-state index contributed by atoms with van der Waals surface area (Å²) >= 11 is -0.0551. The van der Waals surface area contributed by atoms with Crippen molar-refractivity contribution in [3.05, 3.63) is 53.1 Å². The fourth-order valence-electron chi connectivity index (χ4n) is 3.90. The van der Waals surface area contributed by atoms with Crippen molar-refractivity contribution >= 4 is 35.8 Å². The van der Waals surface area contributed by atoms with Gasteiger partial charge in [-0.15, -0.1) is 0 Å². The zero-order chi connectivity index (χ0) is 22.8. The van der Waals surface area contributed by atoms with E-state index >= 15 is 0 Å². The van der Waals surface area contributed by atoms with E-state index in [0.29, 0.717) is 6.61 Å². The molecule has 0 bridgehead atoms. The van der Waals surface area contributed by atoms with Gasteiger partial charge in [-0.3, -0.25) is 0 Å². The topological polar surface area (TPSA) is 72.8 Å². The van der Waals surface area contributed by atoms with Gasteiger partial charge in [0, 0.05) is 0 Å². The molecule has 0 atom stereocenters. The predicted molar refractivity (Wildman–Crippen MR) is 122 cm³/mol. The maximum absolute atomic E-state index is 11.2. The number of carboxylic acid groups (broad SMARTS) is 1. The predicted octanol–water partition coefficient (Wildman–Crippen LogP) is 3.33. The van der Waals surface area contributed by atoms with Gasteiger partial charge in [0.15, 0.2) is 0 Å². The first-order valence-corrected chi connectivity index (χ1v) is 12.2. The van der Waals surface area contributed by atoms with Gasteiger partial charge in [-0.25, -0.2) is 0 Å². The number of hydrogen-bond acceptors (Lipinski definition) is 4. The second-order valence-electron chi connectivity index (χ2n) is 9.23. The van der Waals surface area contributed by atoms with Gasteiger partial charge >= 0.3 is 190 Å². The normalized spacial score (nSPS) is 16.3. The Hall–Kier alpha value is -2.30. The Labute approximate surface area is 190 Å². The van der Waals surface area contributed by atoms with Crippen LogP contribution in [0.1, 0.15) is 68.9 Å². The Morgan fingerprint density at radius 2 is 1.55 bits per heavy atom. The summed E-state index contributed by atoms with van der Waals surface area (Å²) in [5.74, 6) is -0.426. The molecule has 0 spiro atoms. The van der Waals surface area contributed by atoms with Gasteiger partial charge in [-0.1, -0.05) is 0 Å².